The van der Waals surface area contributed by atoms with Crippen molar-refractivity contribution in [3.05, 3.63) is 11.4 Å². The van der Waals surface area contributed by atoms with Crippen LogP contribution in [0.2, 0.25) is 0 Å². The molecule has 0 spiro atoms. The monoisotopic (exact) mass is 301 g/mol. The summed E-state index contributed by atoms with van der Waals surface area (Å²) in [4.78, 5) is 0.335. The molecule has 114 valence electrons. The van der Waals surface area contributed by atoms with E-state index in [9.17, 15) is 8.42 Å². The van der Waals surface area contributed by atoms with E-state index < -0.39 is 15.6 Å². The second-order valence-corrected chi connectivity index (χ2v) is 7.40. The molecule has 1 aliphatic rings. The summed E-state index contributed by atoms with van der Waals surface area (Å²) >= 11 is 0. The Labute approximate surface area is 120 Å². The van der Waals surface area contributed by atoms with Crippen LogP contribution in [0.3, 0.4) is 0 Å². The number of hydrogen-bond donors (Lipinski definition) is 0. The number of morpholine rings is 1. The number of ether oxygens (including phenoxy) is 1. The van der Waals surface area contributed by atoms with Crippen molar-refractivity contribution < 1.29 is 13.2 Å². The molecule has 0 N–H and O–H groups in total. The maximum absolute atomic E-state index is 13.0. The fourth-order valence-electron chi connectivity index (χ4n) is 2.71. The summed E-state index contributed by atoms with van der Waals surface area (Å²) in [6.45, 7) is 8.71. The highest BCUT2D eigenvalue weighted by atomic mass is 32.2. The molecule has 20 heavy (non-hydrogen) atoms. The summed E-state index contributed by atoms with van der Waals surface area (Å²) in [5.41, 5.74) is 0.730. The van der Waals surface area contributed by atoms with Gasteiger partial charge in [0.05, 0.1) is 30.1 Å². The van der Waals surface area contributed by atoms with Gasteiger partial charge in [-0.05, 0) is 27.2 Å². The fraction of sp³-hybridized carbons (Fsp3) is 0.769. The first-order valence-corrected chi connectivity index (χ1v) is 8.29. The van der Waals surface area contributed by atoms with Gasteiger partial charge >= 0.3 is 0 Å². The highest BCUT2D eigenvalue weighted by Gasteiger charge is 2.43. The topological polar surface area (TPSA) is 64.4 Å². The van der Waals surface area contributed by atoms with Gasteiger partial charge in [-0.2, -0.15) is 9.40 Å². The van der Waals surface area contributed by atoms with E-state index in [0.29, 0.717) is 42.5 Å². The second-order valence-electron chi connectivity index (χ2n) is 5.60. The van der Waals surface area contributed by atoms with Crippen LogP contribution in [0, 0.1) is 13.8 Å². The van der Waals surface area contributed by atoms with Crippen molar-refractivity contribution >= 4 is 10.0 Å². The molecule has 6 nitrogen and oxygen atoms in total. The summed E-state index contributed by atoms with van der Waals surface area (Å²) in [5.74, 6) is 0. The summed E-state index contributed by atoms with van der Waals surface area (Å²) in [7, 11) is -1.79. The molecule has 0 bridgehead atoms. The molecular weight excluding hydrogens is 278 g/mol. The Bertz CT molecular complexity index is 609. The van der Waals surface area contributed by atoms with Gasteiger partial charge in [0.2, 0.25) is 10.0 Å². The van der Waals surface area contributed by atoms with Crippen LogP contribution in [0.4, 0.5) is 0 Å². The molecule has 1 aliphatic heterocycles. The number of aromatic nitrogens is 2. The zero-order valence-corrected chi connectivity index (χ0v) is 13.6. The minimum Gasteiger partial charge on any atom is -0.378 e. The Kier molecular flexibility index (Phi) is 3.96. The van der Waals surface area contributed by atoms with Gasteiger partial charge in [-0.25, -0.2) is 8.42 Å². The Balaban J connectivity index is 2.54. The van der Waals surface area contributed by atoms with Crippen LogP contribution < -0.4 is 0 Å². The zero-order chi connectivity index (χ0) is 15.1. The fourth-order valence-corrected chi connectivity index (χ4v) is 4.92. The van der Waals surface area contributed by atoms with E-state index in [1.807, 2.05) is 13.8 Å². The predicted octanol–water partition coefficient (Wildman–Crippen LogP) is 1.23. The summed E-state index contributed by atoms with van der Waals surface area (Å²) in [6.07, 6.45) is 0.713. The molecule has 1 unspecified atom stereocenters. The quantitative estimate of drug-likeness (QED) is 0.842. The minimum absolute atomic E-state index is 0.335. The largest absolute Gasteiger partial charge is 0.378 e. The van der Waals surface area contributed by atoms with E-state index in [0.717, 1.165) is 0 Å². The summed E-state index contributed by atoms with van der Waals surface area (Å²) in [5, 5.41) is 4.22. The maximum Gasteiger partial charge on any atom is 0.247 e. The lowest BCUT2D eigenvalue weighted by Gasteiger charge is -2.42. The van der Waals surface area contributed by atoms with Gasteiger partial charge in [0, 0.05) is 13.6 Å². The summed E-state index contributed by atoms with van der Waals surface area (Å²) < 4.78 is 34.7. The van der Waals surface area contributed by atoms with Crippen LogP contribution in [-0.2, 0) is 21.8 Å². The van der Waals surface area contributed by atoms with E-state index in [1.54, 1.807) is 29.9 Å². The number of nitrogens with zero attached hydrogens (tertiary/aromatic N) is 3. The van der Waals surface area contributed by atoms with E-state index in [1.165, 1.54) is 0 Å². The van der Waals surface area contributed by atoms with E-state index >= 15 is 0 Å². The van der Waals surface area contributed by atoms with Gasteiger partial charge in [-0.3, -0.25) is 4.68 Å². The molecule has 1 fully saturated rings. The van der Waals surface area contributed by atoms with Crippen molar-refractivity contribution in [1.29, 1.82) is 0 Å². The van der Waals surface area contributed by atoms with Crippen LogP contribution in [-0.4, -0.2) is 47.8 Å². The average Bonchev–Trinajstić information content (AvgIpc) is 2.64. The van der Waals surface area contributed by atoms with Gasteiger partial charge < -0.3 is 4.74 Å². The third-order valence-corrected chi connectivity index (χ3v) is 6.52. The lowest BCUT2D eigenvalue weighted by atomic mass is 9.99. The molecule has 2 heterocycles. The summed E-state index contributed by atoms with van der Waals surface area (Å²) in [6, 6.07) is 0. The van der Waals surface area contributed by atoms with E-state index in [4.69, 9.17) is 4.74 Å². The van der Waals surface area contributed by atoms with Gasteiger partial charge in [0.15, 0.2) is 0 Å². The molecule has 0 saturated carbocycles. The number of rotatable bonds is 3. The first kappa shape index (κ1) is 15.5. The molecule has 0 amide bonds. The third-order valence-electron chi connectivity index (χ3n) is 4.21. The Hall–Kier alpha value is -0.920. The first-order valence-electron chi connectivity index (χ1n) is 6.85. The number of sulfonamides is 1. The highest BCUT2D eigenvalue weighted by molar-refractivity contribution is 7.89. The standard InChI is InChI=1S/C13H23N3O3S/c1-6-13(4)9-19-8-7-16(13)20(17,18)12-10(2)14-15(5)11(12)3/h6-9H2,1-5H3. The van der Waals surface area contributed by atoms with Crippen molar-refractivity contribution in [2.75, 3.05) is 19.8 Å². The smallest absolute Gasteiger partial charge is 0.247 e. The molecule has 0 aromatic carbocycles. The molecular formula is C13H23N3O3S. The highest BCUT2D eigenvalue weighted by Crippen LogP contribution is 2.32. The van der Waals surface area contributed by atoms with Crippen LogP contribution in [0.5, 0.6) is 0 Å². The van der Waals surface area contributed by atoms with Gasteiger partial charge in [0.25, 0.3) is 0 Å². The SMILES string of the molecule is CCC1(C)COCCN1S(=O)(=O)c1c(C)nn(C)c1C. The molecule has 2 rings (SSSR count). The van der Waals surface area contributed by atoms with Crippen molar-refractivity contribution in [1.82, 2.24) is 14.1 Å². The van der Waals surface area contributed by atoms with Gasteiger partial charge in [0.1, 0.15) is 4.90 Å². The number of aryl methyl sites for hydroxylation is 2. The molecule has 0 aliphatic carbocycles. The van der Waals surface area contributed by atoms with Crippen LogP contribution in [0.1, 0.15) is 31.7 Å². The molecule has 7 heteroatoms. The average molecular weight is 301 g/mol. The van der Waals surface area contributed by atoms with Crippen LogP contribution in [0.25, 0.3) is 0 Å². The molecule has 1 aromatic rings. The lowest BCUT2D eigenvalue weighted by Crippen LogP contribution is -2.56. The second kappa shape index (κ2) is 5.13. The molecule has 1 atom stereocenters. The molecule has 1 saturated heterocycles. The zero-order valence-electron chi connectivity index (χ0n) is 12.8. The maximum atomic E-state index is 13.0. The Morgan fingerprint density at radius 1 is 1.40 bits per heavy atom. The van der Waals surface area contributed by atoms with E-state index in [-0.39, 0.29) is 0 Å². The Morgan fingerprint density at radius 3 is 2.55 bits per heavy atom. The number of hydrogen-bond acceptors (Lipinski definition) is 4. The van der Waals surface area contributed by atoms with Crippen molar-refractivity contribution in [2.45, 2.75) is 44.6 Å². The predicted molar refractivity (Wildman–Crippen MR) is 76.1 cm³/mol. The normalized spacial score (nSPS) is 25.1. The first-order chi connectivity index (χ1) is 9.24. The lowest BCUT2D eigenvalue weighted by molar-refractivity contribution is -0.0186. The molecule has 1 aromatic heterocycles. The van der Waals surface area contributed by atoms with Crippen LogP contribution >= 0.6 is 0 Å². The van der Waals surface area contributed by atoms with Crippen molar-refractivity contribution in [3.8, 4) is 0 Å². The van der Waals surface area contributed by atoms with Gasteiger partial charge in [-0.1, -0.05) is 6.92 Å². The Morgan fingerprint density at radius 2 is 2.05 bits per heavy atom. The van der Waals surface area contributed by atoms with E-state index in [2.05, 4.69) is 5.10 Å². The van der Waals surface area contributed by atoms with Gasteiger partial charge in [-0.15, -0.1) is 0 Å². The third kappa shape index (κ3) is 2.27. The van der Waals surface area contributed by atoms with Crippen LogP contribution in [0.15, 0.2) is 4.90 Å². The van der Waals surface area contributed by atoms with Crippen molar-refractivity contribution in [2.24, 2.45) is 7.05 Å². The van der Waals surface area contributed by atoms with Crippen molar-refractivity contribution in [3.63, 3.8) is 0 Å². The molecule has 0 radical (unpaired) electrons. The minimum atomic E-state index is -3.55.